The highest BCUT2D eigenvalue weighted by molar-refractivity contribution is 5.21. The van der Waals surface area contributed by atoms with Crippen LogP contribution < -0.4 is 5.73 Å². The minimum Gasteiger partial charge on any atom is -0.319 e. The Morgan fingerprint density at radius 2 is 1.69 bits per heavy atom. The monoisotopic (exact) mass is 355 g/mol. The van der Waals surface area contributed by atoms with Crippen LogP contribution in [-0.4, -0.2) is 20.2 Å². The quantitative estimate of drug-likeness (QED) is 0.885. The molecule has 142 valence electrons. The summed E-state index contributed by atoms with van der Waals surface area (Å²) in [5.74, 6) is 1.43. The van der Waals surface area contributed by atoms with Crippen LogP contribution in [0.25, 0.3) is 0 Å². The normalized spacial score (nSPS) is 24.6. The van der Waals surface area contributed by atoms with Crippen molar-refractivity contribution in [3.63, 3.8) is 0 Å². The lowest BCUT2D eigenvalue weighted by Crippen LogP contribution is -2.46. The van der Waals surface area contributed by atoms with E-state index in [0.29, 0.717) is 5.92 Å². The summed E-state index contributed by atoms with van der Waals surface area (Å²) in [6.45, 7) is 11.2. The third kappa shape index (κ3) is 3.98. The molecule has 0 saturated heterocycles. The van der Waals surface area contributed by atoms with Gasteiger partial charge in [-0.05, 0) is 73.3 Å². The van der Waals surface area contributed by atoms with E-state index < -0.39 is 5.54 Å². The van der Waals surface area contributed by atoms with E-state index in [9.17, 15) is 0 Å². The van der Waals surface area contributed by atoms with E-state index in [1.807, 2.05) is 4.68 Å². The molecule has 26 heavy (non-hydrogen) atoms. The van der Waals surface area contributed by atoms with Crippen LogP contribution in [0.5, 0.6) is 0 Å². The van der Waals surface area contributed by atoms with Crippen molar-refractivity contribution >= 4 is 0 Å². The van der Waals surface area contributed by atoms with Crippen LogP contribution in [0.4, 0.5) is 0 Å². The summed E-state index contributed by atoms with van der Waals surface area (Å²) in [4.78, 5) is 0. The van der Waals surface area contributed by atoms with Gasteiger partial charge in [-0.25, -0.2) is 4.68 Å². The topological polar surface area (TPSA) is 69.6 Å². The van der Waals surface area contributed by atoms with Crippen LogP contribution in [-0.2, 0) is 11.1 Å². The van der Waals surface area contributed by atoms with Gasteiger partial charge in [0.15, 0.2) is 5.82 Å². The molecule has 5 nitrogen and oxygen atoms in total. The van der Waals surface area contributed by atoms with Gasteiger partial charge in [-0.2, -0.15) is 0 Å². The molecule has 0 spiro atoms. The zero-order valence-electron chi connectivity index (χ0n) is 16.9. The molecule has 0 radical (unpaired) electrons. The Kier molecular flexibility index (Phi) is 4.95. The van der Waals surface area contributed by atoms with E-state index >= 15 is 0 Å². The zero-order valence-corrected chi connectivity index (χ0v) is 16.9. The second kappa shape index (κ2) is 6.76. The maximum atomic E-state index is 6.86. The first-order valence-corrected chi connectivity index (χ1v) is 9.74. The van der Waals surface area contributed by atoms with Crippen molar-refractivity contribution in [2.45, 2.75) is 83.7 Å². The fourth-order valence-corrected chi connectivity index (χ4v) is 4.69. The molecule has 0 aliphatic heterocycles. The van der Waals surface area contributed by atoms with Gasteiger partial charge in [0.05, 0.1) is 11.1 Å². The van der Waals surface area contributed by atoms with Crippen LogP contribution in [0.3, 0.4) is 0 Å². The van der Waals surface area contributed by atoms with Crippen LogP contribution in [0.1, 0.15) is 84.0 Å². The van der Waals surface area contributed by atoms with Crippen molar-refractivity contribution < 1.29 is 0 Å². The van der Waals surface area contributed by atoms with Gasteiger partial charge < -0.3 is 5.73 Å². The smallest absolute Gasteiger partial charge is 0.171 e. The fourth-order valence-electron chi connectivity index (χ4n) is 4.69. The van der Waals surface area contributed by atoms with Gasteiger partial charge >= 0.3 is 0 Å². The van der Waals surface area contributed by atoms with Crippen molar-refractivity contribution in [3.05, 3.63) is 41.7 Å². The largest absolute Gasteiger partial charge is 0.319 e. The minimum atomic E-state index is -0.441. The Morgan fingerprint density at radius 1 is 1.08 bits per heavy atom. The number of aromatic nitrogens is 4. The number of benzene rings is 1. The lowest BCUT2D eigenvalue weighted by Gasteiger charge is -2.39. The number of hydrogen-bond donors (Lipinski definition) is 1. The van der Waals surface area contributed by atoms with Gasteiger partial charge in [0.25, 0.3) is 0 Å². The molecule has 0 amide bonds. The van der Waals surface area contributed by atoms with Crippen LogP contribution in [0, 0.1) is 5.41 Å². The molecule has 2 N–H and O–H groups in total. The third-order valence-electron chi connectivity index (χ3n) is 5.60. The molecule has 1 aromatic carbocycles. The van der Waals surface area contributed by atoms with Crippen LogP contribution in [0.2, 0.25) is 0 Å². The van der Waals surface area contributed by atoms with E-state index in [2.05, 4.69) is 80.5 Å². The van der Waals surface area contributed by atoms with E-state index in [-0.39, 0.29) is 11.0 Å². The molecule has 1 aromatic heterocycles. The molecule has 5 heteroatoms. The number of nitrogens with two attached hydrogens (primary N) is 1. The van der Waals surface area contributed by atoms with Crippen LogP contribution >= 0.6 is 0 Å². The molecule has 1 saturated carbocycles. The second-order valence-electron chi connectivity index (χ2n) is 9.81. The Morgan fingerprint density at radius 3 is 2.27 bits per heavy atom. The molecule has 1 aliphatic carbocycles. The highest BCUT2D eigenvalue weighted by Gasteiger charge is 2.41. The zero-order chi connectivity index (χ0) is 19.0. The Balaban J connectivity index is 1.79. The molecule has 1 aliphatic rings. The molecule has 0 unspecified atom stereocenters. The summed E-state index contributed by atoms with van der Waals surface area (Å²) >= 11 is 0. The van der Waals surface area contributed by atoms with Gasteiger partial charge in [-0.3, -0.25) is 0 Å². The Bertz CT molecular complexity index is 718. The fraction of sp³-hybridized carbons (Fsp3) is 0.667. The van der Waals surface area contributed by atoms with Gasteiger partial charge in [-0.1, -0.05) is 51.1 Å². The summed E-state index contributed by atoms with van der Waals surface area (Å²) < 4.78 is 1.99. The molecular formula is C21H33N5. The number of nitrogens with zero attached hydrogens (tertiary/aromatic N) is 4. The summed E-state index contributed by atoms with van der Waals surface area (Å²) in [6.07, 6.45) is 4.97. The maximum absolute atomic E-state index is 6.86. The average Bonchev–Trinajstić information content (AvgIpc) is 3.06. The highest BCUT2D eigenvalue weighted by Crippen LogP contribution is 2.42. The van der Waals surface area contributed by atoms with E-state index in [4.69, 9.17) is 5.73 Å². The number of rotatable bonds is 4. The van der Waals surface area contributed by atoms with Gasteiger partial charge in [0, 0.05) is 0 Å². The van der Waals surface area contributed by atoms with E-state index in [0.717, 1.165) is 37.9 Å². The Labute approximate surface area is 157 Å². The van der Waals surface area contributed by atoms with Crippen molar-refractivity contribution in [2.75, 3.05) is 0 Å². The first-order chi connectivity index (χ1) is 12.1. The van der Waals surface area contributed by atoms with Crippen molar-refractivity contribution in [1.82, 2.24) is 20.2 Å². The summed E-state index contributed by atoms with van der Waals surface area (Å²) in [5, 5.41) is 12.7. The standard InChI is InChI=1S/C21H33N5/c1-19(2,3)15-20(4,5)26-18(23-24-25-26)21(22)13-11-17(12-14-21)16-9-7-6-8-10-16/h6-10,17H,11-15,22H2,1-5H3. The predicted octanol–water partition coefficient (Wildman–Crippen LogP) is 4.36. The maximum Gasteiger partial charge on any atom is 0.171 e. The predicted molar refractivity (Wildman–Crippen MR) is 105 cm³/mol. The Hall–Kier alpha value is -1.75. The van der Waals surface area contributed by atoms with Gasteiger partial charge in [0.2, 0.25) is 0 Å². The number of tetrazole rings is 1. The summed E-state index contributed by atoms with van der Waals surface area (Å²) in [5.41, 5.74) is 7.87. The van der Waals surface area contributed by atoms with Gasteiger partial charge in [-0.15, -0.1) is 5.10 Å². The lowest BCUT2D eigenvalue weighted by molar-refractivity contribution is 0.169. The molecule has 1 fully saturated rings. The third-order valence-corrected chi connectivity index (χ3v) is 5.60. The second-order valence-corrected chi connectivity index (χ2v) is 9.81. The molecule has 1 heterocycles. The molecule has 0 bridgehead atoms. The van der Waals surface area contributed by atoms with Crippen LogP contribution in [0.15, 0.2) is 30.3 Å². The first-order valence-electron chi connectivity index (χ1n) is 9.74. The molecular weight excluding hydrogens is 322 g/mol. The molecule has 2 aromatic rings. The molecule has 0 atom stereocenters. The van der Waals surface area contributed by atoms with E-state index in [1.54, 1.807) is 0 Å². The van der Waals surface area contributed by atoms with Gasteiger partial charge in [0.1, 0.15) is 0 Å². The van der Waals surface area contributed by atoms with Crippen molar-refractivity contribution in [3.8, 4) is 0 Å². The molecule has 3 rings (SSSR count). The van der Waals surface area contributed by atoms with E-state index in [1.165, 1.54) is 5.56 Å². The first kappa shape index (κ1) is 19.0. The summed E-state index contributed by atoms with van der Waals surface area (Å²) in [7, 11) is 0. The SMILES string of the molecule is CC(C)(C)CC(C)(C)n1nnnc1C1(N)CCC(c2ccccc2)CC1. The number of hydrogen-bond acceptors (Lipinski definition) is 4. The van der Waals surface area contributed by atoms with Crippen molar-refractivity contribution in [1.29, 1.82) is 0 Å². The lowest BCUT2D eigenvalue weighted by atomic mass is 9.73. The minimum absolute atomic E-state index is 0.167. The van der Waals surface area contributed by atoms with Crippen molar-refractivity contribution in [2.24, 2.45) is 11.1 Å². The average molecular weight is 356 g/mol. The summed E-state index contributed by atoms with van der Waals surface area (Å²) in [6, 6.07) is 10.8. The highest BCUT2D eigenvalue weighted by atomic mass is 15.6.